The van der Waals surface area contributed by atoms with Crippen molar-refractivity contribution in [2.24, 2.45) is 5.73 Å². The van der Waals surface area contributed by atoms with Crippen LogP contribution >= 0.6 is 0 Å². The molecular weight excluding hydrogens is 110 g/mol. The van der Waals surface area contributed by atoms with Gasteiger partial charge in [-0.25, -0.2) is 0 Å². The molecule has 0 bridgehead atoms. The second-order valence-corrected chi connectivity index (χ2v) is 1.96. The highest BCUT2D eigenvalue weighted by Crippen LogP contribution is 2.06. The van der Waals surface area contributed by atoms with Crippen molar-refractivity contribution in [2.75, 3.05) is 6.54 Å². The van der Waals surface area contributed by atoms with Crippen molar-refractivity contribution in [1.82, 2.24) is 0 Å². The molecule has 52 valence electrons. The minimum absolute atomic E-state index is 0. The van der Waals surface area contributed by atoms with Gasteiger partial charge in [0.25, 0.3) is 0 Å². The molecule has 1 heteroatoms. The molecule has 0 aromatic rings. The molecule has 0 aliphatic heterocycles. The van der Waals surface area contributed by atoms with Crippen LogP contribution in [0.4, 0.5) is 0 Å². The highest BCUT2D eigenvalue weighted by Gasteiger charge is 1.91. The Balaban J connectivity index is 0.000000640. The topological polar surface area (TPSA) is 26.0 Å². The third-order valence-electron chi connectivity index (χ3n) is 1.31. The smallest absolute Gasteiger partial charge is 0.0174 e. The van der Waals surface area contributed by atoms with Crippen LogP contribution in [0, 0.1) is 0 Å². The maximum absolute atomic E-state index is 5.38. The zero-order chi connectivity index (χ0) is 5.82. The maximum Gasteiger partial charge on any atom is 0.0174 e. The molecule has 0 aromatic carbocycles. The lowest BCUT2D eigenvalue weighted by Crippen LogP contribution is -2.01. The average Bonchev–Trinajstić information content (AvgIpc) is 1.90. The van der Waals surface area contributed by atoms with Crippen molar-refractivity contribution >= 4 is 0 Å². The Morgan fingerprint density at radius 2 is 2.22 bits per heavy atom. The van der Waals surface area contributed by atoms with Gasteiger partial charge >= 0.3 is 0 Å². The molecule has 0 heterocycles. The molecule has 1 nitrogen and oxygen atoms in total. The maximum atomic E-state index is 5.38. The van der Waals surface area contributed by atoms with Crippen LogP contribution < -0.4 is 5.73 Å². The zero-order valence-electron chi connectivity index (χ0n) is 4.93. The standard InChI is InChI=1S/C7H11N.CH4/c8-6-7-4-2-1-3-5-7;/h2,4-5H,1,3,6,8H2;1H4. The SMILES string of the molecule is C.NCC1=CCCC=C1. The monoisotopic (exact) mass is 125 g/mol. The molecule has 0 spiro atoms. The van der Waals surface area contributed by atoms with Gasteiger partial charge in [0.2, 0.25) is 0 Å². The summed E-state index contributed by atoms with van der Waals surface area (Å²) >= 11 is 0. The molecule has 0 amide bonds. The van der Waals surface area contributed by atoms with E-state index in [9.17, 15) is 0 Å². The quantitative estimate of drug-likeness (QED) is 0.568. The van der Waals surface area contributed by atoms with Crippen LogP contribution in [0.15, 0.2) is 23.8 Å². The first-order chi connectivity index (χ1) is 3.93. The molecule has 0 aromatic heterocycles. The summed E-state index contributed by atoms with van der Waals surface area (Å²) in [5, 5.41) is 0. The third-order valence-corrected chi connectivity index (χ3v) is 1.31. The van der Waals surface area contributed by atoms with Gasteiger partial charge in [-0.1, -0.05) is 25.7 Å². The average molecular weight is 125 g/mol. The van der Waals surface area contributed by atoms with Crippen molar-refractivity contribution in [3.05, 3.63) is 23.8 Å². The van der Waals surface area contributed by atoms with Crippen LogP contribution in [0.25, 0.3) is 0 Å². The molecule has 9 heavy (non-hydrogen) atoms. The lowest BCUT2D eigenvalue weighted by atomic mass is 10.1. The first-order valence-corrected chi connectivity index (χ1v) is 2.99. The number of hydrogen-bond donors (Lipinski definition) is 1. The first-order valence-electron chi connectivity index (χ1n) is 2.99. The van der Waals surface area contributed by atoms with E-state index in [1.54, 1.807) is 0 Å². The van der Waals surface area contributed by atoms with E-state index in [-0.39, 0.29) is 7.43 Å². The van der Waals surface area contributed by atoms with Crippen LogP contribution in [0.5, 0.6) is 0 Å². The number of hydrogen-bond acceptors (Lipinski definition) is 1. The highest BCUT2D eigenvalue weighted by atomic mass is 14.5. The highest BCUT2D eigenvalue weighted by molar-refractivity contribution is 5.22. The molecule has 1 aliphatic rings. The fraction of sp³-hybridized carbons (Fsp3) is 0.500. The molecular formula is C8H15N. The Bertz CT molecular complexity index is 123. The first kappa shape index (κ1) is 8.44. The van der Waals surface area contributed by atoms with Crippen molar-refractivity contribution in [1.29, 1.82) is 0 Å². The van der Waals surface area contributed by atoms with E-state index >= 15 is 0 Å². The van der Waals surface area contributed by atoms with Gasteiger partial charge in [0.05, 0.1) is 0 Å². The van der Waals surface area contributed by atoms with Gasteiger partial charge in [-0.15, -0.1) is 0 Å². The molecule has 0 saturated carbocycles. The van der Waals surface area contributed by atoms with Crippen LogP contribution in [0.1, 0.15) is 20.3 Å². The summed E-state index contributed by atoms with van der Waals surface area (Å²) in [4.78, 5) is 0. The molecule has 0 radical (unpaired) electrons. The molecule has 0 fully saturated rings. The number of rotatable bonds is 1. The molecule has 2 N–H and O–H groups in total. The van der Waals surface area contributed by atoms with Gasteiger partial charge in [0.15, 0.2) is 0 Å². The van der Waals surface area contributed by atoms with E-state index in [1.165, 1.54) is 18.4 Å². The van der Waals surface area contributed by atoms with E-state index in [0.717, 1.165) is 0 Å². The van der Waals surface area contributed by atoms with E-state index in [4.69, 9.17) is 5.73 Å². The molecule has 0 unspecified atom stereocenters. The normalized spacial score (nSPS) is 16.3. The summed E-state index contributed by atoms with van der Waals surface area (Å²) in [6, 6.07) is 0. The second kappa shape index (κ2) is 4.33. The molecule has 0 atom stereocenters. The minimum Gasteiger partial charge on any atom is -0.327 e. The summed E-state index contributed by atoms with van der Waals surface area (Å²) < 4.78 is 0. The van der Waals surface area contributed by atoms with E-state index in [1.807, 2.05) is 0 Å². The molecule has 1 rings (SSSR count). The van der Waals surface area contributed by atoms with Gasteiger partial charge in [-0.3, -0.25) is 0 Å². The zero-order valence-corrected chi connectivity index (χ0v) is 4.93. The number of nitrogens with two attached hydrogens (primary N) is 1. The van der Waals surface area contributed by atoms with Crippen molar-refractivity contribution < 1.29 is 0 Å². The lowest BCUT2D eigenvalue weighted by Gasteiger charge is -2.01. The summed E-state index contributed by atoms with van der Waals surface area (Å²) in [5.41, 5.74) is 6.66. The van der Waals surface area contributed by atoms with Crippen molar-refractivity contribution in [3.63, 3.8) is 0 Å². The summed E-state index contributed by atoms with van der Waals surface area (Å²) in [6.07, 6.45) is 8.82. The van der Waals surface area contributed by atoms with Gasteiger partial charge in [0, 0.05) is 6.54 Å². The van der Waals surface area contributed by atoms with Gasteiger partial charge in [-0.05, 0) is 18.4 Å². The Labute approximate surface area is 57.3 Å². The van der Waals surface area contributed by atoms with Crippen LogP contribution in [0.3, 0.4) is 0 Å². The Hall–Kier alpha value is -0.560. The van der Waals surface area contributed by atoms with Gasteiger partial charge < -0.3 is 5.73 Å². The van der Waals surface area contributed by atoms with Crippen LogP contribution in [-0.2, 0) is 0 Å². The van der Waals surface area contributed by atoms with Crippen LogP contribution in [-0.4, -0.2) is 6.54 Å². The minimum atomic E-state index is 0. The summed E-state index contributed by atoms with van der Waals surface area (Å²) in [7, 11) is 0. The van der Waals surface area contributed by atoms with E-state index in [2.05, 4.69) is 18.2 Å². The third kappa shape index (κ3) is 2.47. The Morgan fingerprint density at radius 3 is 2.56 bits per heavy atom. The largest absolute Gasteiger partial charge is 0.327 e. The van der Waals surface area contributed by atoms with E-state index < -0.39 is 0 Å². The predicted molar refractivity (Wildman–Crippen MR) is 42.2 cm³/mol. The Morgan fingerprint density at radius 1 is 1.44 bits per heavy atom. The summed E-state index contributed by atoms with van der Waals surface area (Å²) in [6.45, 7) is 0.691. The van der Waals surface area contributed by atoms with Crippen molar-refractivity contribution in [2.45, 2.75) is 20.3 Å². The fourth-order valence-corrected chi connectivity index (χ4v) is 0.819. The lowest BCUT2D eigenvalue weighted by molar-refractivity contribution is 0.995. The molecule has 1 aliphatic carbocycles. The summed E-state index contributed by atoms with van der Waals surface area (Å²) in [5.74, 6) is 0. The van der Waals surface area contributed by atoms with Crippen molar-refractivity contribution in [3.8, 4) is 0 Å². The molecule has 0 saturated heterocycles. The fourth-order valence-electron chi connectivity index (χ4n) is 0.819. The Kier molecular flexibility index (Phi) is 4.06. The van der Waals surface area contributed by atoms with E-state index in [0.29, 0.717) is 6.54 Å². The van der Waals surface area contributed by atoms with Crippen LogP contribution in [0.2, 0.25) is 0 Å². The number of allylic oxidation sites excluding steroid dienone is 2. The van der Waals surface area contributed by atoms with Gasteiger partial charge in [-0.2, -0.15) is 0 Å². The van der Waals surface area contributed by atoms with Gasteiger partial charge in [0.1, 0.15) is 0 Å². The predicted octanol–water partition coefficient (Wildman–Crippen LogP) is 1.86. The second-order valence-electron chi connectivity index (χ2n) is 1.96.